The minimum Gasteiger partial charge on any atom is -0.394 e. The molecule has 1 aliphatic rings. The van der Waals surface area contributed by atoms with E-state index >= 15 is 0 Å². The molecule has 0 saturated heterocycles. The molecule has 0 bridgehead atoms. The Kier molecular flexibility index (Phi) is 3.24. The van der Waals surface area contributed by atoms with E-state index in [0.717, 1.165) is 12.8 Å². The van der Waals surface area contributed by atoms with E-state index in [4.69, 9.17) is 11.6 Å². The van der Waals surface area contributed by atoms with Gasteiger partial charge in [0.15, 0.2) is 0 Å². The summed E-state index contributed by atoms with van der Waals surface area (Å²) in [7, 11) is 0. The van der Waals surface area contributed by atoms with Gasteiger partial charge in [-0.25, -0.2) is 4.39 Å². The third-order valence-corrected chi connectivity index (χ3v) is 2.87. The Morgan fingerprint density at radius 1 is 1.53 bits per heavy atom. The lowest BCUT2D eigenvalue weighted by Gasteiger charge is -2.18. The maximum Gasteiger partial charge on any atom is 0.129 e. The monoisotopic (exact) mass is 229 g/mol. The normalized spacial score (nSPS) is 17.8. The topological polar surface area (TPSA) is 32.3 Å². The van der Waals surface area contributed by atoms with Crippen LogP contribution < -0.4 is 5.32 Å². The van der Waals surface area contributed by atoms with Gasteiger partial charge in [0.05, 0.1) is 12.6 Å². The molecular formula is C11H13ClFNO. The summed E-state index contributed by atoms with van der Waals surface area (Å²) >= 11 is 5.92. The molecule has 0 aromatic heterocycles. The maximum absolute atomic E-state index is 13.5. The molecule has 2 nitrogen and oxygen atoms in total. The first-order valence-corrected chi connectivity index (χ1v) is 5.41. The molecule has 1 aromatic carbocycles. The molecule has 1 atom stereocenters. The third kappa shape index (κ3) is 2.48. The Morgan fingerprint density at radius 3 is 2.80 bits per heavy atom. The van der Waals surface area contributed by atoms with Gasteiger partial charge < -0.3 is 10.4 Å². The van der Waals surface area contributed by atoms with E-state index in [2.05, 4.69) is 5.32 Å². The highest BCUT2D eigenvalue weighted by molar-refractivity contribution is 6.31. The molecule has 0 heterocycles. The van der Waals surface area contributed by atoms with Crippen molar-refractivity contribution >= 4 is 11.6 Å². The molecule has 15 heavy (non-hydrogen) atoms. The molecule has 2 rings (SSSR count). The second-order valence-corrected chi connectivity index (χ2v) is 4.22. The number of rotatable bonds is 4. The van der Waals surface area contributed by atoms with Crippen LogP contribution >= 0.6 is 11.6 Å². The number of aliphatic hydroxyl groups excluding tert-OH is 1. The summed E-state index contributed by atoms with van der Waals surface area (Å²) in [6, 6.07) is 4.56. The molecule has 1 unspecified atom stereocenters. The molecule has 1 aliphatic carbocycles. The van der Waals surface area contributed by atoms with Crippen LogP contribution in [0.1, 0.15) is 24.4 Å². The van der Waals surface area contributed by atoms with Crippen molar-refractivity contribution < 1.29 is 9.50 Å². The Morgan fingerprint density at radius 2 is 2.27 bits per heavy atom. The Hall–Kier alpha value is -0.640. The quantitative estimate of drug-likeness (QED) is 0.830. The predicted octanol–water partition coefficient (Wildman–Crippen LogP) is 2.26. The maximum atomic E-state index is 13.5. The van der Waals surface area contributed by atoms with Crippen molar-refractivity contribution in [3.05, 3.63) is 34.6 Å². The summed E-state index contributed by atoms with van der Waals surface area (Å²) < 4.78 is 13.5. The Bertz CT molecular complexity index is 334. The van der Waals surface area contributed by atoms with Gasteiger partial charge in [-0.2, -0.15) is 0 Å². The molecule has 1 aromatic rings. The largest absolute Gasteiger partial charge is 0.394 e. The van der Waals surface area contributed by atoms with Crippen LogP contribution in [0.3, 0.4) is 0 Å². The average Bonchev–Trinajstić information content (AvgIpc) is 2.99. The number of benzene rings is 1. The van der Waals surface area contributed by atoms with Crippen molar-refractivity contribution in [3.63, 3.8) is 0 Å². The van der Waals surface area contributed by atoms with Crippen molar-refractivity contribution in [1.29, 1.82) is 0 Å². The van der Waals surface area contributed by atoms with Crippen LogP contribution in [0, 0.1) is 5.82 Å². The number of aliphatic hydroxyl groups is 1. The zero-order chi connectivity index (χ0) is 10.8. The fourth-order valence-corrected chi connectivity index (χ4v) is 1.90. The van der Waals surface area contributed by atoms with Gasteiger partial charge in [-0.1, -0.05) is 17.7 Å². The fraction of sp³-hybridized carbons (Fsp3) is 0.455. The SMILES string of the molecule is OCC(NC1CC1)c1c(F)cccc1Cl. The summed E-state index contributed by atoms with van der Waals surface area (Å²) in [6.07, 6.45) is 2.17. The van der Waals surface area contributed by atoms with Gasteiger partial charge in [-0.05, 0) is 25.0 Å². The minimum atomic E-state index is -0.397. The Balaban J connectivity index is 2.23. The van der Waals surface area contributed by atoms with Crippen LogP contribution in [-0.2, 0) is 0 Å². The second kappa shape index (κ2) is 4.47. The number of nitrogens with one attached hydrogen (secondary N) is 1. The molecule has 2 N–H and O–H groups in total. The lowest BCUT2D eigenvalue weighted by molar-refractivity contribution is 0.240. The van der Waals surface area contributed by atoms with Gasteiger partial charge >= 0.3 is 0 Å². The molecule has 0 spiro atoms. The fourth-order valence-electron chi connectivity index (χ4n) is 1.61. The highest BCUT2D eigenvalue weighted by Crippen LogP contribution is 2.29. The van der Waals surface area contributed by atoms with Crippen molar-refractivity contribution in [2.75, 3.05) is 6.61 Å². The molecular weight excluding hydrogens is 217 g/mol. The van der Waals surface area contributed by atoms with Gasteiger partial charge in [0, 0.05) is 16.6 Å². The van der Waals surface area contributed by atoms with E-state index in [0.29, 0.717) is 16.6 Å². The van der Waals surface area contributed by atoms with E-state index < -0.39 is 6.04 Å². The predicted molar refractivity (Wildman–Crippen MR) is 57.4 cm³/mol. The van der Waals surface area contributed by atoms with E-state index in [1.807, 2.05) is 0 Å². The van der Waals surface area contributed by atoms with Crippen LogP contribution in [0.25, 0.3) is 0 Å². The molecule has 1 saturated carbocycles. The Labute approximate surface area is 93.1 Å². The van der Waals surface area contributed by atoms with Gasteiger partial charge in [0.1, 0.15) is 5.82 Å². The van der Waals surface area contributed by atoms with Gasteiger partial charge in [-0.15, -0.1) is 0 Å². The summed E-state index contributed by atoms with van der Waals surface area (Å²) in [5, 5.41) is 12.7. The molecule has 4 heteroatoms. The zero-order valence-electron chi connectivity index (χ0n) is 8.21. The van der Waals surface area contributed by atoms with Crippen molar-refractivity contribution in [2.24, 2.45) is 0 Å². The molecule has 0 amide bonds. The van der Waals surface area contributed by atoms with E-state index in [9.17, 15) is 9.50 Å². The van der Waals surface area contributed by atoms with Crippen LogP contribution in [0.5, 0.6) is 0 Å². The summed E-state index contributed by atoms with van der Waals surface area (Å²) in [5.41, 5.74) is 0.369. The van der Waals surface area contributed by atoms with Crippen molar-refractivity contribution in [3.8, 4) is 0 Å². The molecule has 0 radical (unpaired) electrons. The number of halogens is 2. The van der Waals surface area contributed by atoms with Crippen LogP contribution in [-0.4, -0.2) is 17.8 Å². The first-order chi connectivity index (χ1) is 7.22. The average molecular weight is 230 g/mol. The lowest BCUT2D eigenvalue weighted by atomic mass is 10.1. The second-order valence-electron chi connectivity index (χ2n) is 3.81. The van der Waals surface area contributed by atoms with Crippen LogP contribution in [0.15, 0.2) is 18.2 Å². The summed E-state index contributed by atoms with van der Waals surface area (Å²) in [4.78, 5) is 0. The van der Waals surface area contributed by atoms with Gasteiger partial charge in [-0.3, -0.25) is 0 Å². The van der Waals surface area contributed by atoms with Crippen molar-refractivity contribution in [1.82, 2.24) is 5.32 Å². The standard InChI is InChI=1S/C11H13ClFNO/c12-8-2-1-3-9(13)11(8)10(6-15)14-7-4-5-7/h1-3,7,10,14-15H,4-6H2. The number of hydrogen-bond donors (Lipinski definition) is 2. The van der Waals surface area contributed by atoms with Crippen LogP contribution in [0.4, 0.5) is 4.39 Å². The summed E-state index contributed by atoms with van der Waals surface area (Å²) in [6.45, 7) is -0.142. The number of hydrogen-bond acceptors (Lipinski definition) is 2. The van der Waals surface area contributed by atoms with E-state index in [1.54, 1.807) is 12.1 Å². The highest BCUT2D eigenvalue weighted by Gasteiger charge is 2.27. The first-order valence-electron chi connectivity index (χ1n) is 5.03. The smallest absolute Gasteiger partial charge is 0.129 e. The van der Waals surface area contributed by atoms with E-state index in [1.165, 1.54) is 6.07 Å². The van der Waals surface area contributed by atoms with Gasteiger partial charge in [0.25, 0.3) is 0 Å². The highest BCUT2D eigenvalue weighted by atomic mass is 35.5. The molecule has 0 aliphatic heterocycles. The van der Waals surface area contributed by atoms with Crippen molar-refractivity contribution in [2.45, 2.75) is 24.9 Å². The molecule has 82 valence electrons. The minimum absolute atomic E-state index is 0.142. The lowest BCUT2D eigenvalue weighted by Crippen LogP contribution is -2.27. The molecule has 1 fully saturated rings. The van der Waals surface area contributed by atoms with Gasteiger partial charge in [0.2, 0.25) is 0 Å². The zero-order valence-corrected chi connectivity index (χ0v) is 8.97. The summed E-state index contributed by atoms with van der Waals surface area (Å²) in [5.74, 6) is -0.366. The van der Waals surface area contributed by atoms with Crippen LogP contribution in [0.2, 0.25) is 5.02 Å². The first kappa shape index (κ1) is 10.9. The third-order valence-electron chi connectivity index (χ3n) is 2.54. The van der Waals surface area contributed by atoms with E-state index in [-0.39, 0.29) is 12.4 Å².